The van der Waals surface area contributed by atoms with E-state index in [1.807, 2.05) is 0 Å². The number of carbonyl (C=O) groups excluding carboxylic acids is 2. The Bertz CT molecular complexity index is 2220. The highest BCUT2D eigenvalue weighted by Gasteiger charge is 2.47. The number of primary amides is 1. The van der Waals surface area contributed by atoms with Crippen molar-refractivity contribution < 1.29 is 28.6 Å². The Morgan fingerprint density at radius 3 is 2.63 bits per heavy atom. The number of hydrogen-bond donors (Lipinski definition) is 3. The molecule has 2 amide bonds. The molecule has 0 bridgehead atoms. The molecule has 2 aliphatic rings. The summed E-state index contributed by atoms with van der Waals surface area (Å²) in [4.78, 5) is 31.4. The summed E-state index contributed by atoms with van der Waals surface area (Å²) in [6.45, 7) is 1.18. The lowest BCUT2D eigenvalue weighted by atomic mass is 9.80. The first-order chi connectivity index (χ1) is 23.4. The highest BCUT2D eigenvalue weighted by atomic mass is 35.5. The number of alkyl halides is 1. The van der Waals surface area contributed by atoms with Gasteiger partial charge in [-0.1, -0.05) is 54.1 Å². The molecule has 3 heterocycles. The predicted molar refractivity (Wildman–Crippen MR) is 178 cm³/mol. The van der Waals surface area contributed by atoms with Crippen molar-refractivity contribution in [1.29, 1.82) is 5.26 Å². The third-order valence-electron chi connectivity index (χ3n) is 9.30. The summed E-state index contributed by atoms with van der Waals surface area (Å²) in [5.74, 6) is -2.23. The van der Waals surface area contributed by atoms with Crippen LogP contribution in [0.15, 0.2) is 72.9 Å². The zero-order chi connectivity index (χ0) is 34.7. The molecule has 0 saturated heterocycles. The van der Waals surface area contributed by atoms with Crippen LogP contribution in [0.5, 0.6) is 11.5 Å². The molecule has 2 aromatic heterocycles. The third kappa shape index (κ3) is 5.22. The maximum atomic E-state index is 14.8. The van der Waals surface area contributed by atoms with Crippen molar-refractivity contribution in [3.63, 3.8) is 0 Å². The molecule has 13 heteroatoms. The van der Waals surface area contributed by atoms with Gasteiger partial charge in [0.05, 0.1) is 29.9 Å². The summed E-state index contributed by atoms with van der Waals surface area (Å²) >= 11 is 6.66. The number of nitrogens with two attached hydrogens (primary N) is 1. The summed E-state index contributed by atoms with van der Waals surface area (Å²) in [5.41, 5.74) is 4.76. The topological polar surface area (TPSA) is 165 Å². The number of aromatic nitrogens is 3. The van der Waals surface area contributed by atoms with E-state index >= 15 is 0 Å². The van der Waals surface area contributed by atoms with Gasteiger partial charge in [0.15, 0.2) is 0 Å². The normalized spacial score (nSPS) is 18.5. The summed E-state index contributed by atoms with van der Waals surface area (Å²) in [7, 11) is 1.44. The van der Waals surface area contributed by atoms with Gasteiger partial charge in [0.1, 0.15) is 46.4 Å². The van der Waals surface area contributed by atoms with Crippen molar-refractivity contribution in [2.24, 2.45) is 5.73 Å². The van der Waals surface area contributed by atoms with Crippen LogP contribution < -0.4 is 20.5 Å². The van der Waals surface area contributed by atoms with Crippen LogP contribution in [0.1, 0.15) is 52.5 Å². The van der Waals surface area contributed by atoms with Crippen LogP contribution in [0.25, 0.3) is 22.2 Å². The number of methoxy groups -OCH3 is 1. The standard InChI is InChI=1S/C36H30ClFN6O5/c1-34(33(40)46)19-49-31-25(34)15-27(42-30(31)24-10-6-7-20(16-39)28(24)37)36(47,23-8-4-3-5-9-23)18-41-32(45)21-13-22-17-44(35(38)11-12-35)43-29(22)26(14-21)48-2/h3-10,13-15,17,47H,11-12,18-19H2,1-2H3,(H2,40,46)(H,41,45)/t34-,36+/m0/s1. The van der Waals surface area contributed by atoms with E-state index in [4.69, 9.17) is 31.8 Å². The minimum absolute atomic E-state index is 0.0659. The van der Waals surface area contributed by atoms with Gasteiger partial charge in [-0.2, -0.15) is 10.4 Å². The van der Waals surface area contributed by atoms with Gasteiger partial charge in [-0.25, -0.2) is 14.1 Å². The number of pyridine rings is 1. The lowest BCUT2D eigenvalue weighted by Crippen LogP contribution is -2.43. The lowest BCUT2D eigenvalue weighted by Gasteiger charge is -2.30. The van der Waals surface area contributed by atoms with Crippen LogP contribution in [0, 0.1) is 11.3 Å². The number of halogens is 2. The first-order valence-electron chi connectivity index (χ1n) is 15.4. The SMILES string of the molecule is COc1cc(C(=O)NC[C@@](O)(c2ccccc2)c2cc3c(c(-c4cccc(C#N)c4Cl)n2)OC[C@]3(C)C(N)=O)cc2cn(C3(F)CC3)nc12. The fraction of sp³-hybridized carbons (Fsp3) is 0.250. The molecule has 1 saturated carbocycles. The Kier molecular flexibility index (Phi) is 7.57. The molecular formula is C36H30ClFN6O5. The molecule has 7 rings (SSSR count). The number of amides is 2. The molecule has 49 heavy (non-hydrogen) atoms. The van der Waals surface area contributed by atoms with E-state index in [1.54, 1.807) is 73.8 Å². The smallest absolute Gasteiger partial charge is 0.251 e. The number of fused-ring (bicyclic) bond motifs is 2. The van der Waals surface area contributed by atoms with Gasteiger partial charge in [-0.3, -0.25) is 9.59 Å². The minimum Gasteiger partial charge on any atom is -0.494 e. The average molecular weight is 681 g/mol. The molecule has 1 fully saturated rings. The Morgan fingerprint density at radius 2 is 1.96 bits per heavy atom. The fourth-order valence-electron chi connectivity index (χ4n) is 6.08. The second-order valence-electron chi connectivity index (χ2n) is 12.5. The number of rotatable bonds is 9. The van der Waals surface area contributed by atoms with Gasteiger partial charge in [0.2, 0.25) is 11.7 Å². The number of carbonyl (C=O) groups is 2. The second kappa shape index (κ2) is 11.6. The number of nitriles is 1. The molecule has 2 atom stereocenters. The van der Waals surface area contributed by atoms with Crippen molar-refractivity contribution in [1.82, 2.24) is 20.1 Å². The maximum absolute atomic E-state index is 14.8. The van der Waals surface area contributed by atoms with Crippen LogP contribution >= 0.6 is 11.6 Å². The van der Waals surface area contributed by atoms with Gasteiger partial charge in [0.25, 0.3) is 5.91 Å². The van der Waals surface area contributed by atoms with Gasteiger partial charge < -0.3 is 25.6 Å². The lowest BCUT2D eigenvalue weighted by molar-refractivity contribution is -0.123. The molecule has 0 unspecified atom stereocenters. The highest BCUT2D eigenvalue weighted by Crippen LogP contribution is 2.48. The number of nitrogens with one attached hydrogen (secondary N) is 1. The Labute approximate surface area is 285 Å². The van der Waals surface area contributed by atoms with Crippen LogP contribution in [0.4, 0.5) is 4.39 Å². The van der Waals surface area contributed by atoms with Crippen molar-refractivity contribution >= 4 is 34.3 Å². The summed E-state index contributed by atoms with van der Waals surface area (Å²) < 4.78 is 27.6. The number of ether oxygens (including phenoxy) is 2. The van der Waals surface area contributed by atoms with Crippen LogP contribution in [0.3, 0.4) is 0 Å². The molecule has 0 radical (unpaired) electrons. The quantitative estimate of drug-likeness (QED) is 0.199. The molecular weight excluding hydrogens is 651 g/mol. The van der Waals surface area contributed by atoms with Gasteiger partial charge in [-0.05, 0) is 36.8 Å². The monoisotopic (exact) mass is 680 g/mol. The molecule has 11 nitrogen and oxygen atoms in total. The third-order valence-corrected chi connectivity index (χ3v) is 9.71. The number of hydrogen-bond acceptors (Lipinski definition) is 8. The Morgan fingerprint density at radius 1 is 1.20 bits per heavy atom. The zero-order valence-corrected chi connectivity index (χ0v) is 27.2. The first-order valence-corrected chi connectivity index (χ1v) is 15.8. The Balaban J connectivity index is 1.33. The van der Waals surface area contributed by atoms with E-state index in [2.05, 4.69) is 16.5 Å². The van der Waals surface area contributed by atoms with Gasteiger partial charge in [0, 0.05) is 41.1 Å². The second-order valence-corrected chi connectivity index (χ2v) is 12.9. The van der Waals surface area contributed by atoms with Crippen LogP contribution in [-0.4, -0.2) is 51.9 Å². The maximum Gasteiger partial charge on any atom is 0.251 e. The van der Waals surface area contributed by atoms with E-state index in [1.165, 1.54) is 17.9 Å². The highest BCUT2D eigenvalue weighted by molar-refractivity contribution is 6.34. The molecule has 248 valence electrons. The van der Waals surface area contributed by atoms with Crippen LogP contribution in [-0.2, 0) is 21.6 Å². The molecule has 5 aromatic rings. The van der Waals surface area contributed by atoms with Crippen molar-refractivity contribution in [3.05, 3.63) is 106 Å². The van der Waals surface area contributed by atoms with E-state index < -0.39 is 28.6 Å². The van der Waals surface area contributed by atoms with Gasteiger partial charge in [-0.15, -0.1) is 0 Å². The van der Waals surface area contributed by atoms with E-state index in [0.29, 0.717) is 40.4 Å². The molecule has 4 N–H and O–H groups in total. The minimum atomic E-state index is -1.97. The van der Waals surface area contributed by atoms with Crippen molar-refractivity contribution in [2.45, 2.75) is 36.6 Å². The zero-order valence-electron chi connectivity index (χ0n) is 26.5. The van der Waals surface area contributed by atoms with E-state index in [0.717, 1.165) is 0 Å². The first kappa shape index (κ1) is 32.1. The van der Waals surface area contributed by atoms with Crippen LogP contribution in [0.2, 0.25) is 5.02 Å². The van der Waals surface area contributed by atoms with Crippen molar-refractivity contribution in [2.75, 3.05) is 20.3 Å². The number of nitrogens with zero attached hydrogens (tertiary/aromatic N) is 4. The number of benzene rings is 3. The molecule has 3 aromatic carbocycles. The van der Waals surface area contributed by atoms with Gasteiger partial charge >= 0.3 is 0 Å². The summed E-state index contributed by atoms with van der Waals surface area (Å²) in [6, 6.07) is 20.1. The molecule has 1 aliphatic carbocycles. The van der Waals surface area contributed by atoms with E-state index in [-0.39, 0.29) is 52.2 Å². The Hall–Kier alpha value is -5.51. The summed E-state index contributed by atoms with van der Waals surface area (Å²) in [5, 5.41) is 30.1. The fourth-order valence-corrected chi connectivity index (χ4v) is 6.33. The van der Waals surface area contributed by atoms with Crippen molar-refractivity contribution in [3.8, 4) is 28.8 Å². The average Bonchev–Trinajstić information content (AvgIpc) is 3.54. The molecule has 1 aliphatic heterocycles. The molecule has 0 spiro atoms. The number of aliphatic hydroxyl groups is 1. The predicted octanol–water partition coefficient (Wildman–Crippen LogP) is 4.85. The largest absolute Gasteiger partial charge is 0.494 e. The van der Waals surface area contributed by atoms with E-state index in [9.17, 15) is 24.3 Å². The summed E-state index contributed by atoms with van der Waals surface area (Å²) in [6.07, 6.45) is 2.25.